The molecule has 2 aromatic rings. The molecule has 0 aromatic heterocycles. The zero-order chi connectivity index (χ0) is 18.8. The maximum absolute atomic E-state index is 10.6. The first-order valence-corrected chi connectivity index (χ1v) is 9.73. The summed E-state index contributed by atoms with van der Waals surface area (Å²) < 4.78 is 0. The van der Waals surface area contributed by atoms with E-state index in [-0.39, 0.29) is 11.0 Å². The molecule has 0 aliphatic rings. The largest absolute Gasteiger partial charge is 0.507 e. The van der Waals surface area contributed by atoms with Crippen LogP contribution in [0.1, 0.15) is 58.2 Å². The minimum absolute atomic E-state index is 0.0604. The molecule has 0 saturated carbocycles. The van der Waals surface area contributed by atoms with Crippen LogP contribution in [0.3, 0.4) is 0 Å². The lowest BCUT2D eigenvalue weighted by Crippen LogP contribution is -2.17. The van der Waals surface area contributed by atoms with Crippen LogP contribution in [0.2, 0.25) is 0 Å². The minimum Gasteiger partial charge on any atom is -0.507 e. The van der Waals surface area contributed by atoms with E-state index in [4.69, 9.17) is 0 Å². The van der Waals surface area contributed by atoms with Crippen LogP contribution in [-0.4, -0.2) is 16.9 Å². The fourth-order valence-corrected chi connectivity index (χ4v) is 3.74. The van der Waals surface area contributed by atoms with Gasteiger partial charge in [-0.15, -0.1) is 0 Å². The van der Waals surface area contributed by atoms with Gasteiger partial charge < -0.3 is 5.11 Å². The number of hydrogen-bond acceptors (Lipinski definition) is 2. The standard InChI is InChI=1S/C22H30NOP/c1-15-12-17(21(2,3)4)13-19(20(15)24)25-18-11-9-8-10-16(18)14-23-22(5,6)7/h8-14,24-25H,1-7H3. The minimum atomic E-state index is -0.0961. The van der Waals surface area contributed by atoms with Crippen molar-refractivity contribution in [3.8, 4) is 5.75 Å². The molecular weight excluding hydrogens is 325 g/mol. The molecule has 2 rings (SSSR count). The van der Waals surface area contributed by atoms with E-state index in [0.717, 1.165) is 16.4 Å². The van der Waals surface area contributed by atoms with E-state index in [1.807, 2.05) is 25.3 Å². The maximum Gasteiger partial charge on any atom is 0.126 e. The van der Waals surface area contributed by atoms with Crippen LogP contribution in [0.5, 0.6) is 5.75 Å². The molecule has 0 amide bonds. The summed E-state index contributed by atoms with van der Waals surface area (Å²) in [7, 11) is 0.398. The Morgan fingerprint density at radius 3 is 2.20 bits per heavy atom. The number of phenolic OH excluding ortho intramolecular Hbond substituents is 1. The molecule has 0 heterocycles. The highest BCUT2D eigenvalue weighted by atomic mass is 31.1. The van der Waals surface area contributed by atoms with Gasteiger partial charge in [0.25, 0.3) is 0 Å². The van der Waals surface area contributed by atoms with Crippen molar-refractivity contribution < 1.29 is 5.11 Å². The summed E-state index contributed by atoms with van der Waals surface area (Å²) in [6.07, 6.45) is 1.96. The Morgan fingerprint density at radius 2 is 1.60 bits per heavy atom. The average molecular weight is 355 g/mol. The molecule has 25 heavy (non-hydrogen) atoms. The zero-order valence-corrected chi connectivity index (χ0v) is 17.4. The third-order valence-corrected chi connectivity index (χ3v) is 5.36. The summed E-state index contributed by atoms with van der Waals surface area (Å²) in [6.45, 7) is 14.9. The third-order valence-electron chi connectivity index (χ3n) is 3.99. The average Bonchev–Trinajstić information content (AvgIpc) is 2.49. The number of aliphatic imine (C=N–C) groups is 1. The quantitative estimate of drug-likeness (QED) is 0.620. The molecule has 1 unspecified atom stereocenters. The lowest BCUT2D eigenvalue weighted by molar-refractivity contribution is 0.474. The van der Waals surface area contributed by atoms with Crippen LogP contribution < -0.4 is 10.6 Å². The van der Waals surface area contributed by atoms with Gasteiger partial charge in [-0.05, 0) is 55.6 Å². The van der Waals surface area contributed by atoms with E-state index in [1.54, 1.807) is 0 Å². The Morgan fingerprint density at radius 1 is 0.960 bits per heavy atom. The Hall–Kier alpha value is -1.66. The monoisotopic (exact) mass is 355 g/mol. The first-order valence-electron chi connectivity index (χ1n) is 8.73. The Bertz CT molecular complexity index is 780. The van der Waals surface area contributed by atoms with Crippen molar-refractivity contribution in [3.05, 3.63) is 53.1 Å². The van der Waals surface area contributed by atoms with Gasteiger partial charge in [0.15, 0.2) is 0 Å². The molecular formula is C22H30NOP. The van der Waals surface area contributed by atoms with E-state index >= 15 is 0 Å². The van der Waals surface area contributed by atoms with E-state index in [9.17, 15) is 5.11 Å². The van der Waals surface area contributed by atoms with E-state index < -0.39 is 0 Å². The third kappa shape index (κ3) is 5.41. The van der Waals surface area contributed by atoms with Crippen LogP contribution in [-0.2, 0) is 5.41 Å². The summed E-state index contributed by atoms with van der Waals surface area (Å²) in [6, 6.07) is 12.5. The number of aryl methyl sites for hydroxylation is 1. The molecule has 1 N–H and O–H groups in total. The second-order valence-corrected chi connectivity index (χ2v) is 9.91. The molecule has 134 valence electrons. The molecule has 2 aromatic carbocycles. The number of hydrogen-bond donors (Lipinski definition) is 1. The fourth-order valence-electron chi connectivity index (χ4n) is 2.44. The number of nitrogens with zero attached hydrogens (tertiary/aromatic N) is 1. The van der Waals surface area contributed by atoms with Gasteiger partial charge in [-0.1, -0.05) is 59.7 Å². The highest BCUT2D eigenvalue weighted by Crippen LogP contribution is 2.30. The molecule has 3 heteroatoms. The highest BCUT2D eigenvalue weighted by Gasteiger charge is 2.18. The van der Waals surface area contributed by atoms with Crippen LogP contribution in [0.4, 0.5) is 0 Å². The van der Waals surface area contributed by atoms with E-state index in [1.165, 1.54) is 10.9 Å². The molecule has 0 aliphatic heterocycles. The van der Waals surface area contributed by atoms with Crippen LogP contribution in [0.25, 0.3) is 0 Å². The van der Waals surface area contributed by atoms with Gasteiger partial charge in [-0.2, -0.15) is 0 Å². The fraction of sp³-hybridized carbons (Fsp3) is 0.409. The van der Waals surface area contributed by atoms with Crippen molar-refractivity contribution in [2.75, 3.05) is 0 Å². The van der Waals surface area contributed by atoms with Crippen LogP contribution >= 0.6 is 8.58 Å². The first-order chi connectivity index (χ1) is 11.5. The number of rotatable bonds is 3. The van der Waals surface area contributed by atoms with Crippen molar-refractivity contribution in [2.24, 2.45) is 4.99 Å². The number of phenols is 1. The summed E-state index contributed by atoms with van der Waals surface area (Å²) in [5, 5.41) is 12.8. The lowest BCUT2D eigenvalue weighted by atomic mass is 9.86. The normalized spacial score (nSPS) is 13.2. The van der Waals surface area contributed by atoms with Crippen molar-refractivity contribution in [1.82, 2.24) is 0 Å². The Labute approximate surface area is 154 Å². The first kappa shape index (κ1) is 19.7. The SMILES string of the molecule is Cc1cc(C(C)(C)C)cc(Pc2ccccc2C=NC(C)(C)C)c1O. The Balaban J connectivity index is 2.44. The van der Waals surface area contributed by atoms with Crippen LogP contribution in [0, 0.1) is 6.92 Å². The van der Waals surface area contributed by atoms with Gasteiger partial charge in [-0.3, -0.25) is 4.99 Å². The van der Waals surface area contributed by atoms with Gasteiger partial charge in [0.2, 0.25) is 0 Å². The molecule has 0 spiro atoms. The summed E-state index contributed by atoms with van der Waals surface area (Å²) in [4.78, 5) is 4.64. The lowest BCUT2D eigenvalue weighted by Gasteiger charge is -2.22. The van der Waals surface area contributed by atoms with Gasteiger partial charge in [-0.25, -0.2) is 0 Å². The van der Waals surface area contributed by atoms with Gasteiger partial charge >= 0.3 is 0 Å². The summed E-state index contributed by atoms with van der Waals surface area (Å²) in [5.74, 6) is 0.411. The topological polar surface area (TPSA) is 32.6 Å². The molecule has 0 fully saturated rings. The van der Waals surface area contributed by atoms with Crippen molar-refractivity contribution >= 4 is 25.4 Å². The van der Waals surface area contributed by atoms with Crippen molar-refractivity contribution in [2.45, 2.75) is 59.4 Å². The molecule has 0 aliphatic carbocycles. The summed E-state index contributed by atoms with van der Waals surface area (Å²) in [5.41, 5.74) is 3.28. The second kappa shape index (κ2) is 7.30. The van der Waals surface area contributed by atoms with Gasteiger partial charge in [0.05, 0.1) is 5.54 Å². The van der Waals surface area contributed by atoms with E-state index in [0.29, 0.717) is 14.3 Å². The smallest absolute Gasteiger partial charge is 0.126 e. The van der Waals surface area contributed by atoms with Crippen molar-refractivity contribution in [3.63, 3.8) is 0 Å². The highest BCUT2D eigenvalue weighted by molar-refractivity contribution is 7.56. The van der Waals surface area contributed by atoms with Crippen LogP contribution in [0.15, 0.2) is 41.4 Å². The van der Waals surface area contributed by atoms with Gasteiger partial charge in [0.1, 0.15) is 5.75 Å². The second-order valence-electron chi connectivity index (χ2n) is 8.58. The molecule has 0 saturated heterocycles. The number of aromatic hydroxyl groups is 1. The molecule has 2 nitrogen and oxygen atoms in total. The zero-order valence-electron chi connectivity index (χ0n) is 16.4. The molecule has 1 atom stereocenters. The molecule has 0 bridgehead atoms. The predicted molar refractivity (Wildman–Crippen MR) is 113 cm³/mol. The number of benzene rings is 2. The summed E-state index contributed by atoms with van der Waals surface area (Å²) >= 11 is 0. The van der Waals surface area contributed by atoms with Gasteiger partial charge in [0, 0.05) is 17.1 Å². The predicted octanol–water partition coefficient (Wildman–Crippen LogP) is 4.84. The Kier molecular flexibility index (Phi) is 5.74. The maximum atomic E-state index is 10.6. The van der Waals surface area contributed by atoms with E-state index in [2.05, 4.69) is 70.8 Å². The molecule has 0 radical (unpaired) electrons. The van der Waals surface area contributed by atoms with Crippen molar-refractivity contribution in [1.29, 1.82) is 0 Å².